The summed E-state index contributed by atoms with van der Waals surface area (Å²) in [6.07, 6.45) is 4.19. The van der Waals surface area contributed by atoms with Crippen molar-refractivity contribution in [2.24, 2.45) is 0 Å². The van der Waals surface area contributed by atoms with Crippen molar-refractivity contribution in [2.45, 2.75) is 6.04 Å². The van der Waals surface area contributed by atoms with Gasteiger partial charge in [0, 0.05) is 13.1 Å². The summed E-state index contributed by atoms with van der Waals surface area (Å²) in [6, 6.07) is 12.6. The summed E-state index contributed by atoms with van der Waals surface area (Å²) in [4.78, 5) is 2.12. The van der Waals surface area contributed by atoms with Gasteiger partial charge < -0.3 is 0 Å². The molecular weight excluding hydrogens is 172 g/mol. The largest absolute Gasteiger partial charge is 0.281 e. The third-order valence-corrected chi connectivity index (χ3v) is 2.31. The van der Waals surface area contributed by atoms with Gasteiger partial charge in [-0.2, -0.15) is 5.26 Å². The van der Waals surface area contributed by atoms with Gasteiger partial charge in [0.1, 0.15) is 6.04 Å². The molecule has 1 aliphatic heterocycles. The van der Waals surface area contributed by atoms with Crippen molar-refractivity contribution in [3.05, 3.63) is 42.0 Å². The fourth-order valence-corrected chi connectivity index (χ4v) is 1.39. The Balaban J connectivity index is 1.82. The molecule has 1 heterocycles. The summed E-state index contributed by atoms with van der Waals surface area (Å²) in [5.74, 6) is 0. The number of hydrogen-bond acceptors (Lipinski definition) is 2. The van der Waals surface area contributed by atoms with Crippen LogP contribution in [0.25, 0.3) is 6.08 Å². The van der Waals surface area contributed by atoms with Crippen LogP contribution in [0.1, 0.15) is 5.56 Å². The summed E-state index contributed by atoms with van der Waals surface area (Å²) in [5.41, 5.74) is 1.21. The van der Waals surface area contributed by atoms with E-state index in [9.17, 15) is 0 Å². The molecule has 0 saturated carbocycles. The molecule has 14 heavy (non-hydrogen) atoms. The predicted octanol–water partition coefficient (Wildman–Crippen LogP) is 1.91. The van der Waals surface area contributed by atoms with E-state index in [0.29, 0.717) is 0 Å². The molecule has 2 rings (SSSR count). The van der Waals surface area contributed by atoms with E-state index in [1.54, 1.807) is 0 Å². The van der Waals surface area contributed by atoms with E-state index >= 15 is 0 Å². The third-order valence-electron chi connectivity index (χ3n) is 2.31. The normalized spacial score (nSPS) is 24.8. The SMILES string of the molecule is N#CC1CN1CC=Cc1ccccc1. The van der Waals surface area contributed by atoms with E-state index in [1.807, 2.05) is 18.2 Å². The minimum atomic E-state index is 0.162. The van der Waals surface area contributed by atoms with Crippen molar-refractivity contribution < 1.29 is 0 Å². The first-order chi connectivity index (χ1) is 6.90. The second-order valence-electron chi connectivity index (χ2n) is 3.41. The van der Waals surface area contributed by atoms with Crippen molar-refractivity contribution in [1.82, 2.24) is 4.90 Å². The highest BCUT2D eigenvalue weighted by atomic mass is 15.3. The first-order valence-corrected chi connectivity index (χ1v) is 4.75. The molecule has 1 fully saturated rings. The minimum Gasteiger partial charge on any atom is -0.281 e. The lowest BCUT2D eigenvalue weighted by Gasteiger charge is -1.93. The molecule has 0 aromatic heterocycles. The standard InChI is InChI=1S/C12H12N2/c13-9-12-10-14(12)8-4-7-11-5-2-1-3-6-11/h1-7,12H,8,10H2. The fourth-order valence-electron chi connectivity index (χ4n) is 1.39. The molecule has 2 atom stereocenters. The molecule has 1 saturated heterocycles. The zero-order chi connectivity index (χ0) is 9.80. The number of nitriles is 1. The molecule has 1 aromatic rings. The Bertz CT molecular complexity index is 362. The summed E-state index contributed by atoms with van der Waals surface area (Å²) in [7, 11) is 0. The van der Waals surface area contributed by atoms with Gasteiger partial charge in [-0.3, -0.25) is 4.90 Å². The van der Waals surface area contributed by atoms with Gasteiger partial charge in [-0.1, -0.05) is 42.5 Å². The fraction of sp³-hybridized carbons (Fsp3) is 0.250. The Morgan fingerprint density at radius 1 is 1.43 bits per heavy atom. The lowest BCUT2D eigenvalue weighted by molar-refractivity contribution is 0.601. The molecular formula is C12H12N2. The van der Waals surface area contributed by atoms with E-state index in [-0.39, 0.29) is 6.04 Å². The van der Waals surface area contributed by atoms with Crippen molar-refractivity contribution >= 4 is 6.08 Å². The van der Waals surface area contributed by atoms with Crippen LogP contribution in [0.3, 0.4) is 0 Å². The van der Waals surface area contributed by atoms with Gasteiger partial charge in [-0.15, -0.1) is 0 Å². The van der Waals surface area contributed by atoms with E-state index in [4.69, 9.17) is 5.26 Å². The van der Waals surface area contributed by atoms with Crippen molar-refractivity contribution in [2.75, 3.05) is 13.1 Å². The van der Waals surface area contributed by atoms with Gasteiger partial charge in [0.25, 0.3) is 0 Å². The molecule has 2 heteroatoms. The van der Waals surface area contributed by atoms with Gasteiger partial charge in [0.05, 0.1) is 6.07 Å². The molecule has 0 N–H and O–H groups in total. The zero-order valence-electron chi connectivity index (χ0n) is 7.93. The molecule has 0 aliphatic carbocycles. The second kappa shape index (κ2) is 4.08. The van der Waals surface area contributed by atoms with E-state index < -0.39 is 0 Å². The van der Waals surface area contributed by atoms with Gasteiger partial charge in [-0.25, -0.2) is 0 Å². The smallest absolute Gasteiger partial charge is 0.111 e. The number of benzene rings is 1. The van der Waals surface area contributed by atoms with Crippen molar-refractivity contribution in [3.63, 3.8) is 0 Å². The molecule has 1 aromatic carbocycles. The lowest BCUT2D eigenvalue weighted by Crippen LogP contribution is -1.98. The molecule has 0 amide bonds. The highest BCUT2D eigenvalue weighted by Crippen LogP contribution is 2.15. The molecule has 2 nitrogen and oxygen atoms in total. The zero-order valence-corrected chi connectivity index (χ0v) is 7.93. The van der Waals surface area contributed by atoms with Crippen LogP contribution in [0, 0.1) is 11.3 Å². The van der Waals surface area contributed by atoms with Crippen LogP contribution >= 0.6 is 0 Å². The summed E-state index contributed by atoms with van der Waals surface area (Å²) in [5, 5.41) is 8.58. The monoisotopic (exact) mass is 184 g/mol. The van der Waals surface area contributed by atoms with Crippen LogP contribution in [-0.2, 0) is 0 Å². The van der Waals surface area contributed by atoms with Crippen LogP contribution in [0.15, 0.2) is 36.4 Å². The average molecular weight is 184 g/mol. The van der Waals surface area contributed by atoms with Crippen molar-refractivity contribution in [3.8, 4) is 6.07 Å². The van der Waals surface area contributed by atoms with Crippen LogP contribution in [0.4, 0.5) is 0 Å². The van der Waals surface area contributed by atoms with Crippen LogP contribution in [0.2, 0.25) is 0 Å². The Labute approximate surface area is 84.1 Å². The third kappa shape index (κ3) is 2.21. The highest BCUT2D eigenvalue weighted by Gasteiger charge is 2.32. The average Bonchev–Trinajstić information content (AvgIpc) is 2.98. The minimum absolute atomic E-state index is 0.162. The highest BCUT2D eigenvalue weighted by molar-refractivity contribution is 5.48. The molecule has 2 unspecified atom stereocenters. The molecule has 0 bridgehead atoms. The maximum absolute atomic E-state index is 8.58. The quantitative estimate of drug-likeness (QED) is 0.671. The molecule has 0 spiro atoms. The van der Waals surface area contributed by atoms with Crippen molar-refractivity contribution in [1.29, 1.82) is 5.26 Å². The topological polar surface area (TPSA) is 26.8 Å². The van der Waals surface area contributed by atoms with Crippen LogP contribution in [-0.4, -0.2) is 24.0 Å². The molecule has 1 aliphatic rings. The van der Waals surface area contributed by atoms with E-state index in [2.05, 4.69) is 35.3 Å². The van der Waals surface area contributed by atoms with Gasteiger partial charge in [0.15, 0.2) is 0 Å². The van der Waals surface area contributed by atoms with Gasteiger partial charge >= 0.3 is 0 Å². The van der Waals surface area contributed by atoms with Gasteiger partial charge in [0.2, 0.25) is 0 Å². The number of nitrogens with zero attached hydrogens (tertiary/aromatic N) is 2. The second-order valence-corrected chi connectivity index (χ2v) is 3.41. The van der Waals surface area contributed by atoms with Gasteiger partial charge in [-0.05, 0) is 5.56 Å². The Hall–Kier alpha value is -1.59. The number of hydrogen-bond donors (Lipinski definition) is 0. The first kappa shape index (κ1) is 8.98. The number of rotatable bonds is 3. The predicted molar refractivity (Wildman–Crippen MR) is 56.5 cm³/mol. The Morgan fingerprint density at radius 2 is 2.21 bits per heavy atom. The van der Waals surface area contributed by atoms with Crippen LogP contribution in [0.5, 0.6) is 0 Å². The lowest BCUT2D eigenvalue weighted by atomic mass is 10.2. The van der Waals surface area contributed by atoms with E-state index in [1.165, 1.54) is 5.56 Å². The molecule has 70 valence electrons. The maximum atomic E-state index is 8.58. The first-order valence-electron chi connectivity index (χ1n) is 4.75. The Kier molecular flexibility index (Phi) is 2.62. The summed E-state index contributed by atoms with van der Waals surface area (Å²) >= 11 is 0. The summed E-state index contributed by atoms with van der Waals surface area (Å²) in [6.45, 7) is 1.81. The van der Waals surface area contributed by atoms with E-state index in [0.717, 1.165) is 13.1 Å². The summed E-state index contributed by atoms with van der Waals surface area (Å²) < 4.78 is 0. The molecule has 0 radical (unpaired) electrons. The maximum Gasteiger partial charge on any atom is 0.111 e. The Morgan fingerprint density at radius 3 is 2.86 bits per heavy atom. The van der Waals surface area contributed by atoms with Crippen LogP contribution < -0.4 is 0 Å².